The van der Waals surface area contributed by atoms with Gasteiger partial charge in [0, 0.05) is 6.20 Å². The predicted octanol–water partition coefficient (Wildman–Crippen LogP) is 2.07. The van der Waals surface area contributed by atoms with Crippen molar-refractivity contribution in [3.63, 3.8) is 0 Å². The van der Waals surface area contributed by atoms with Gasteiger partial charge in [-0.25, -0.2) is 9.97 Å². The Morgan fingerprint density at radius 1 is 1.33 bits per heavy atom. The standard InChI is InChI=1S/C13H16N4O/c1-2-18-12-5-3-4-11(13(12)14)16-8-10-6-7-15-9-17-10/h3-7,9,16H,2,8,14H2,1H3. The van der Waals surface area contributed by atoms with Gasteiger partial charge in [-0.05, 0) is 25.1 Å². The number of benzene rings is 1. The first-order chi connectivity index (χ1) is 8.81. The van der Waals surface area contributed by atoms with E-state index in [0.717, 1.165) is 11.4 Å². The molecule has 0 radical (unpaired) electrons. The van der Waals surface area contributed by atoms with Crippen LogP contribution in [0.2, 0.25) is 0 Å². The number of aromatic nitrogens is 2. The lowest BCUT2D eigenvalue weighted by Gasteiger charge is -2.12. The summed E-state index contributed by atoms with van der Waals surface area (Å²) in [6.45, 7) is 3.13. The van der Waals surface area contributed by atoms with Gasteiger partial charge in [0.25, 0.3) is 0 Å². The molecule has 1 aromatic heterocycles. The summed E-state index contributed by atoms with van der Waals surface area (Å²) >= 11 is 0. The van der Waals surface area contributed by atoms with Gasteiger partial charge >= 0.3 is 0 Å². The number of hydrogen-bond donors (Lipinski definition) is 2. The van der Waals surface area contributed by atoms with Crippen molar-refractivity contribution in [1.29, 1.82) is 0 Å². The van der Waals surface area contributed by atoms with Crippen LogP contribution < -0.4 is 15.8 Å². The highest BCUT2D eigenvalue weighted by molar-refractivity contribution is 5.72. The SMILES string of the molecule is CCOc1cccc(NCc2ccncn2)c1N. The summed E-state index contributed by atoms with van der Waals surface area (Å²) in [6.07, 6.45) is 3.24. The van der Waals surface area contributed by atoms with Crippen molar-refractivity contribution in [2.45, 2.75) is 13.5 Å². The third-order valence-corrected chi connectivity index (χ3v) is 2.47. The molecule has 0 atom stereocenters. The normalized spacial score (nSPS) is 10.1. The Balaban J connectivity index is 2.08. The van der Waals surface area contributed by atoms with Gasteiger partial charge in [-0.1, -0.05) is 6.07 Å². The Hall–Kier alpha value is -2.30. The van der Waals surface area contributed by atoms with Crippen LogP contribution in [0.3, 0.4) is 0 Å². The summed E-state index contributed by atoms with van der Waals surface area (Å²) in [7, 11) is 0. The summed E-state index contributed by atoms with van der Waals surface area (Å²) in [5.74, 6) is 0.699. The van der Waals surface area contributed by atoms with Gasteiger partial charge in [0.15, 0.2) is 0 Å². The van der Waals surface area contributed by atoms with Gasteiger partial charge in [-0.3, -0.25) is 0 Å². The molecule has 0 bridgehead atoms. The molecule has 0 saturated heterocycles. The zero-order valence-electron chi connectivity index (χ0n) is 10.3. The molecule has 2 aromatic rings. The van der Waals surface area contributed by atoms with Crippen LogP contribution in [0.4, 0.5) is 11.4 Å². The Morgan fingerprint density at radius 3 is 2.94 bits per heavy atom. The van der Waals surface area contributed by atoms with Crippen molar-refractivity contribution >= 4 is 11.4 Å². The van der Waals surface area contributed by atoms with Crippen molar-refractivity contribution in [3.05, 3.63) is 42.5 Å². The lowest BCUT2D eigenvalue weighted by molar-refractivity contribution is 0.342. The summed E-state index contributed by atoms with van der Waals surface area (Å²) in [6, 6.07) is 7.53. The zero-order chi connectivity index (χ0) is 12.8. The van der Waals surface area contributed by atoms with Crippen molar-refractivity contribution in [3.8, 4) is 5.75 Å². The predicted molar refractivity (Wildman–Crippen MR) is 71.4 cm³/mol. The van der Waals surface area contributed by atoms with E-state index < -0.39 is 0 Å². The third-order valence-electron chi connectivity index (χ3n) is 2.47. The second-order valence-corrected chi connectivity index (χ2v) is 3.70. The van der Waals surface area contributed by atoms with Crippen LogP contribution in [0.5, 0.6) is 5.75 Å². The second kappa shape index (κ2) is 5.86. The number of hydrogen-bond acceptors (Lipinski definition) is 5. The molecule has 0 spiro atoms. The zero-order valence-corrected chi connectivity index (χ0v) is 10.3. The average molecular weight is 244 g/mol. The largest absolute Gasteiger partial charge is 0.492 e. The molecule has 3 N–H and O–H groups in total. The van der Waals surface area contributed by atoms with Crippen LogP contribution in [0.1, 0.15) is 12.6 Å². The Bertz CT molecular complexity index is 502. The van der Waals surface area contributed by atoms with Crippen molar-refractivity contribution < 1.29 is 4.74 Å². The van der Waals surface area contributed by atoms with E-state index in [1.165, 1.54) is 6.33 Å². The van der Waals surface area contributed by atoms with Crippen LogP contribution >= 0.6 is 0 Å². The van der Waals surface area contributed by atoms with E-state index in [2.05, 4.69) is 15.3 Å². The van der Waals surface area contributed by atoms with Crippen molar-refractivity contribution in [2.75, 3.05) is 17.7 Å². The number of ether oxygens (including phenoxy) is 1. The van der Waals surface area contributed by atoms with Gasteiger partial charge in [0.1, 0.15) is 12.1 Å². The molecule has 0 aliphatic heterocycles. The van der Waals surface area contributed by atoms with Gasteiger partial charge in [-0.2, -0.15) is 0 Å². The van der Waals surface area contributed by atoms with Gasteiger partial charge in [0.2, 0.25) is 0 Å². The number of nitrogens with two attached hydrogens (primary N) is 1. The molecule has 0 unspecified atom stereocenters. The van der Waals surface area contributed by atoms with Crippen LogP contribution in [0.15, 0.2) is 36.8 Å². The minimum Gasteiger partial charge on any atom is -0.492 e. The lowest BCUT2D eigenvalue weighted by Crippen LogP contribution is -2.05. The minimum absolute atomic E-state index is 0.597. The number of anilines is 2. The molecule has 0 saturated carbocycles. The molecular formula is C13H16N4O. The molecule has 0 aliphatic rings. The van der Waals surface area contributed by atoms with E-state index in [9.17, 15) is 0 Å². The molecule has 2 rings (SSSR count). The maximum absolute atomic E-state index is 6.01. The van der Waals surface area contributed by atoms with Crippen molar-refractivity contribution in [2.24, 2.45) is 0 Å². The first kappa shape index (κ1) is 12.2. The van der Waals surface area contributed by atoms with Gasteiger partial charge < -0.3 is 15.8 Å². The quantitative estimate of drug-likeness (QED) is 0.788. The summed E-state index contributed by atoms with van der Waals surface area (Å²) < 4.78 is 5.44. The van der Waals surface area contributed by atoms with E-state index in [0.29, 0.717) is 24.6 Å². The Labute approximate surface area is 106 Å². The fraction of sp³-hybridized carbons (Fsp3) is 0.231. The molecule has 0 amide bonds. The maximum Gasteiger partial charge on any atom is 0.144 e. The molecule has 0 aliphatic carbocycles. The van der Waals surface area contributed by atoms with E-state index in [-0.39, 0.29) is 0 Å². The van der Waals surface area contributed by atoms with Crippen LogP contribution in [0.25, 0.3) is 0 Å². The lowest BCUT2D eigenvalue weighted by atomic mass is 10.2. The van der Waals surface area contributed by atoms with Crippen LogP contribution in [-0.4, -0.2) is 16.6 Å². The molecule has 94 valence electrons. The highest BCUT2D eigenvalue weighted by Crippen LogP contribution is 2.29. The number of nitrogens with one attached hydrogen (secondary N) is 1. The topological polar surface area (TPSA) is 73.1 Å². The number of rotatable bonds is 5. The molecule has 1 aromatic carbocycles. The minimum atomic E-state index is 0.597. The fourth-order valence-electron chi connectivity index (χ4n) is 1.59. The van der Waals surface area contributed by atoms with E-state index in [4.69, 9.17) is 10.5 Å². The van der Waals surface area contributed by atoms with E-state index in [1.807, 2.05) is 31.2 Å². The number of para-hydroxylation sites is 1. The maximum atomic E-state index is 6.01. The smallest absolute Gasteiger partial charge is 0.144 e. The van der Waals surface area contributed by atoms with Crippen LogP contribution in [-0.2, 0) is 6.54 Å². The third kappa shape index (κ3) is 2.88. The van der Waals surface area contributed by atoms with E-state index in [1.54, 1.807) is 6.20 Å². The summed E-state index contributed by atoms with van der Waals surface area (Å²) in [4.78, 5) is 8.01. The molecule has 5 nitrogen and oxygen atoms in total. The highest BCUT2D eigenvalue weighted by Gasteiger charge is 2.05. The van der Waals surface area contributed by atoms with Gasteiger partial charge in [0.05, 0.1) is 30.2 Å². The average Bonchev–Trinajstić information content (AvgIpc) is 2.41. The summed E-state index contributed by atoms with van der Waals surface area (Å²) in [5, 5.41) is 3.23. The van der Waals surface area contributed by atoms with Crippen molar-refractivity contribution in [1.82, 2.24) is 9.97 Å². The Morgan fingerprint density at radius 2 is 2.22 bits per heavy atom. The molecule has 18 heavy (non-hydrogen) atoms. The molecule has 5 heteroatoms. The number of nitrogens with zero attached hydrogens (tertiary/aromatic N) is 2. The second-order valence-electron chi connectivity index (χ2n) is 3.70. The summed E-state index contributed by atoms with van der Waals surface area (Å²) in [5.41, 5.74) is 8.39. The fourth-order valence-corrected chi connectivity index (χ4v) is 1.59. The molecule has 1 heterocycles. The first-order valence-electron chi connectivity index (χ1n) is 5.81. The number of nitrogen functional groups attached to an aromatic ring is 1. The van der Waals surface area contributed by atoms with E-state index >= 15 is 0 Å². The molecular weight excluding hydrogens is 228 g/mol. The Kier molecular flexibility index (Phi) is 3.96. The first-order valence-corrected chi connectivity index (χ1v) is 5.81. The monoisotopic (exact) mass is 244 g/mol. The van der Waals surface area contributed by atoms with Crippen LogP contribution in [0, 0.1) is 0 Å². The highest BCUT2D eigenvalue weighted by atomic mass is 16.5. The van der Waals surface area contributed by atoms with Gasteiger partial charge in [-0.15, -0.1) is 0 Å². The molecule has 0 fully saturated rings.